The minimum atomic E-state index is -1.33. The first-order valence-electron chi connectivity index (χ1n) is 22.1. The maximum atomic E-state index is 14.7. The van der Waals surface area contributed by atoms with Crippen LogP contribution in [-0.2, 0) is 56.0 Å². The molecule has 1 fully saturated rings. The average Bonchev–Trinajstić information content (AvgIpc) is 3.79. The second-order valence-corrected chi connectivity index (χ2v) is 16.9. The molecule has 0 spiro atoms. The molecule has 21 heteroatoms. The smallest absolute Gasteiger partial charge is 0.327 e. The molecule has 0 aromatic heterocycles. The minimum Gasteiger partial charge on any atom is -0.481 e. The van der Waals surface area contributed by atoms with E-state index in [-0.39, 0.29) is 56.7 Å². The summed E-state index contributed by atoms with van der Waals surface area (Å²) in [5.74, 6) is -7.89. The second-order valence-electron chi connectivity index (χ2n) is 16.6. The van der Waals surface area contributed by atoms with Crippen LogP contribution in [0.25, 0.3) is 0 Å². The number of hydrogen-bond donors (Lipinski definition) is 11. The molecule has 0 radical (unpaired) electrons. The van der Waals surface area contributed by atoms with Crippen molar-refractivity contribution >= 4 is 65.9 Å². The van der Waals surface area contributed by atoms with E-state index in [1.54, 1.807) is 74.5 Å². The Morgan fingerprint density at radius 3 is 1.71 bits per heavy atom. The zero-order chi connectivity index (χ0) is 48.8. The van der Waals surface area contributed by atoms with Crippen molar-refractivity contribution in [3.05, 3.63) is 71.8 Å². The molecule has 2 aromatic rings. The molecule has 20 nitrogen and oxygen atoms in total. The van der Waals surface area contributed by atoms with Gasteiger partial charge in [0.1, 0.15) is 42.3 Å². The van der Waals surface area contributed by atoms with Gasteiger partial charge in [-0.1, -0.05) is 74.5 Å². The predicted molar refractivity (Wildman–Crippen MR) is 246 cm³/mol. The fraction of sp³-hybridized carbons (Fsp3) is 0.533. The standard InChI is InChI=1S/C45H65N9O11S/c1-27(2)22-32(50-40(59)31(18-19-38(56)57)48-37(55)25-47)41(60)51-33(23-28-12-5-3-6-13-28)42(61)52-34(24-29-14-7-4-8-15-29)44(63)54-21-11-17-36(54)43(62)49-30(16-9-10-20-46)39(58)53-35(26-66)45(64)65/h3-8,12-15,27,30-36,66H,9-11,16-26,46-47H2,1-2H3,(H,48,55)(H,49,62)(H,50,59)(H,51,60)(H,52,61)(H,53,58)(H,56,57)(H,64,65)/t30-,31-,32-,33-,34-,35-,36-/m0/s1. The highest BCUT2D eigenvalue weighted by Gasteiger charge is 2.40. The molecule has 0 saturated carbocycles. The molecule has 7 atom stereocenters. The third-order valence-corrected chi connectivity index (χ3v) is 11.2. The highest BCUT2D eigenvalue weighted by atomic mass is 32.1. The number of hydrogen-bond acceptors (Lipinski definition) is 12. The van der Waals surface area contributed by atoms with Crippen molar-refractivity contribution in [3.63, 3.8) is 0 Å². The van der Waals surface area contributed by atoms with Crippen LogP contribution >= 0.6 is 12.6 Å². The fourth-order valence-corrected chi connectivity index (χ4v) is 7.66. The van der Waals surface area contributed by atoms with Gasteiger partial charge >= 0.3 is 11.9 Å². The number of nitrogens with zero attached hydrogens (tertiary/aromatic N) is 1. The number of rotatable bonds is 28. The number of aliphatic carboxylic acids is 2. The van der Waals surface area contributed by atoms with Gasteiger partial charge in [0.15, 0.2) is 0 Å². The summed E-state index contributed by atoms with van der Waals surface area (Å²) in [5, 5.41) is 34.5. The Morgan fingerprint density at radius 2 is 1.18 bits per heavy atom. The molecule has 0 unspecified atom stereocenters. The molecule has 12 N–H and O–H groups in total. The topological polar surface area (TPSA) is 322 Å². The number of amides is 7. The van der Waals surface area contributed by atoms with Crippen LogP contribution in [0.5, 0.6) is 0 Å². The molecule has 1 aliphatic rings. The Morgan fingerprint density at radius 1 is 0.667 bits per heavy atom. The van der Waals surface area contributed by atoms with Crippen LogP contribution in [0.15, 0.2) is 60.7 Å². The first kappa shape index (κ1) is 54.3. The highest BCUT2D eigenvalue weighted by molar-refractivity contribution is 7.80. The third-order valence-electron chi connectivity index (χ3n) is 10.9. The molecule has 0 bridgehead atoms. The van der Waals surface area contributed by atoms with E-state index in [0.29, 0.717) is 36.9 Å². The van der Waals surface area contributed by atoms with E-state index in [9.17, 15) is 53.4 Å². The zero-order valence-electron chi connectivity index (χ0n) is 37.4. The molecule has 2 aromatic carbocycles. The van der Waals surface area contributed by atoms with Crippen molar-refractivity contribution in [1.29, 1.82) is 0 Å². The fourth-order valence-electron chi connectivity index (χ4n) is 7.41. The molecule has 7 amide bonds. The first-order valence-corrected chi connectivity index (χ1v) is 22.8. The Hall–Kier alpha value is -6.06. The van der Waals surface area contributed by atoms with Crippen molar-refractivity contribution in [1.82, 2.24) is 36.8 Å². The molecular formula is C45H65N9O11S. The van der Waals surface area contributed by atoms with Crippen LogP contribution in [0.4, 0.5) is 0 Å². The van der Waals surface area contributed by atoms with Crippen LogP contribution in [0.1, 0.15) is 76.3 Å². The molecule has 66 heavy (non-hydrogen) atoms. The second kappa shape index (κ2) is 28.1. The van der Waals surface area contributed by atoms with Gasteiger partial charge in [0.2, 0.25) is 41.4 Å². The molecule has 362 valence electrons. The number of nitrogens with two attached hydrogens (primary N) is 2. The van der Waals surface area contributed by atoms with Crippen LogP contribution < -0.4 is 43.4 Å². The SMILES string of the molecule is CC(C)C[C@H](NC(=O)[C@H](CCC(=O)O)NC(=O)CN)C(=O)N[C@@H](Cc1ccccc1)C(=O)N[C@@H](Cc1ccccc1)C(=O)N1CCC[C@H]1C(=O)N[C@@H](CCCCN)C(=O)N[C@@H](CS)C(=O)O. The van der Waals surface area contributed by atoms with Crippen LogP contribution in [-0.4, -0.2) is 136 Å². The number of carboxylic acid groups (broad SMARTS) is 2. The van der Waals surface area contributed by atoms with Gasteiger partial charge in [-0.25, -0.2) is 4.79 Å². The number of likely N-dealkylation sites (tertiary alicyclic amines) is 1. The summed E-state index contributed by atoms with van der Waals surface area (Å²) in [6.45, 7) is 3.61. The van der Waals surface area contributed by atoms with Gasteiger partial charge in [-0.2, -0.15) is 12.6 Å². The van der Waals surface area contributed by atoms with E-state index in [1.165, 1.54) is 4.90 Å². The summed E-state index contributed by atoms with van der Waals surface area (Å²) in [6.07, 6.45) is 1.06. The lowest BCUT2D eigenvalue weighted by Crippen LogP contribution is -2.60. The third kappa shape index (κ3) is 18.1. The number of carbonyl (C=O) groups is 9. The number of unbranched alkanes of at least 4 members (excludes halogenated alkanes) is 1. The Labute approximate surface area is 389 Å². The van der Waals surface area contributed by atoms with E-state index in [1.807, 2.05) is 0 Å². The number of carbonyl (C=O) groups excluding carboxylic acids is 7. The first-order chi connectivity index (χ1) is 31.5. The Bertz CT molecular complexity index is 1960. The van der Waals surface area contributed by atoms with Crippen molar-refractivity contribution in [2.24, 2.45) is 17.4 Å². The van der Waals surface area contributed by atoms with Gasteiger partial charge < -0.3 is 58.5 Å². The van der Waals surface area contributed by atoms with Gasteiger partial charge in [0, 0.05) is 31.6 Å². The lowest BCUT2D eigenvalue weighted by Gasteiger charge is -2.31. The largest absolute Gasteiger partial charge is 0.481 e. The van der Waals surface area contributed by atoms with Crippen molar-refractivity contribution in [2.45, 2.75) is 120 Å². The Balaban J connectivity index is 1.94. The number of carboxylic acids is 2. The predicted octanol–water partition coefficient (Wildman–Crippen LogP) is -0.615. The zero-order valence-corrected chi connectivity index (χ0v) is 38.3. The maximum Gasteiger partial charge on any atom is 0.327 e. The Kier molecular flexibility index (Phi) is 23.1. The van der Waals surface area contributed by atoms with E-state index < -0.39 is 109 Å². The van der Waals surface area contributed by atoms with E-state index >= 15 is 0 Å². The summed E-state index contributed by atoms with van der Waals surface area (Å²) < 4.78 is 0. The summed E-state index contributed by atoms with van der Waals surface area (Å²) in [5.41, 5.74) is 12.4. The summed E-state index contributed by atoms with van der Waals surface area (Å²) in [4.78, 5) is 121. The minimum absolute atomic E-state index is 0.00896. The number of benzene rings is 2. The normalized spacial score (nSPS) is 16.1. The van der Waals surface area contributed by atoms with Gasteiger partial charge in [0.25, 0.3) is 0 Å². The number of nitrogens with one attached hydrogen (secondary N) is 6. The van der Waals surface area contributed by atoms with Gasteiger partial charge in [-0.15, -0.1) is 0 Å². The molecule has 1 saturated heterocycles. The maximum absolute atomic E-state index is 14.7. The summed E-state index contributed by atoms with van der Waals surface area (Å²) >= 11 is 4.01. The highest BCUT2D eigenvalue weighted by Crippen LogP contribution is 2.21. The lowest BCUT2D eigenvalue weighted by molar-refractivity contribution is -0.143. The van der Waals surface area contributed by atoms with Gasteiger partial charge in [0.05, 0.1) is 6.54 Å². The average molecular weight is 940 g/mol. The van der Waals surface area contributed by atoms with E-state index in [0.717, 1.165) is 0 Å². The summed E-state index contributed by atoms with van der Waals surface area (Å²) in [6, 6.07) is 8.96. The van der Waals surface area contributed by atoms with E-state index in [2.05, 4.69) is 44.5 Å². The van der Waals surface area contributed by atoms with Gasteiger partial charge in [-0.05, 0) is 68.5 Å². The van der Waals surface area contributed by atoms with Crippen molar-refractivity contribution < 1.29 is 53.4 Å². The van der Waals surface area contributed by atoms with Gasteiger partial charge in [-0.3, -0.25) is 38.4 Å². The molecular weight excluding hydrogens is 875 g/mol. The quantitative estimate of drug-likeness (QED) is 0.0375. The molecule has 1 aliphatic heterocycles. The summed E-state index contributed by atoms with van der Waals surface area (Å²) in [7, 11) is 0. The number of thiol groups is 1. The van der Waals surface area contributed by atoms with Crippen LogP contribution in [0.3, 0.4) is 0 Å². The molecule has 1 heterocycles. The van der Waals surface area contributed by atoms with Crippen LogP contribution in [0.2, 0.25) is 0 Å². The molecule has 3 rings (SSSR count). The van der Waals surface area contributed by atoms with E-state index in [4.69, 9.17) is 11.5 Å². The van der Waals surface area contributed by atoms with Crippen molar-refractivity contribution in [2.75, 3.05) is 25.4 Å². The lowest BCUT2D eigenvalue weighted by atomic mass is 9.99. The molecule has 0 aliphatic carbocycles. The van der Waals surface area contributed by atoms with Crippen molar-refractivity contribution in [3.8, 4) is 0 Å². The van der Waals surface area contributed by atoms with Crippen LogP contribution in [0, 0.1) is 5.92 Å². The monoisotopic (exact) mass is 939 g/mol.